The average Bonchev–Trinajstić information content (AvgIpc) is 3.00. The predicted octanol–water partition coefficient (Wildman–Crippen LogP) is 4.09. The van der Waals surface area contributed by atoms with Gasteiger partial charge in [-0.25, -0.2) is 18.7 Å². The highest BCUT2D eigenvalue weighted by Crippen LogP contribution is 2.24. The van der Waals surface area contributed by atoms with Gasteiger partial charge in [0.05, 0.1) is 11.2 Å². The molecule has 0 fully saturated rings. The molecule has 4 rings (SSSR count). The number of benzene rings is 2. The zero-order chi connectivity index (χ0) is 21.3. The summed E-state index contributed by atoms with van der Waals surface area (Å²) in [7, 11) is 0. The highest BCUT2D eigenvalue weighted by Gasteiger charge is 2.18. The minimum absolute atomic E-state index is 0.165. The number of anilines is 1. The van der Waals surface area contributed by atoms with Gasteiger partial charge in [0.2, 0.25) is 5.91 Å². The number of para-hydroxylation sites is 1. The predicted molar refractivity (Wildman–Crippen MR) is 114 cm³/mol. The lowest BCUT2D eigenvalue weighted by Gasteiger charge is -2.13. The van der Waals surface area contributed by atoms with Crippen molar-refractivity contribution in [1.29, 1.82) is 0 Å². The van der Waals surface area contributed by atoms with Crippen molar-refractivity contribution in [3.05, 3.63) is 88.7 Å². The molecule has 2 heterocycles. The summed E-state index contributed by atoms with van der Waals surface area (Å²) in [5, 5.41) is 2.91. The number of rotatable bonds is 5. The van der Waals surface area contributed by atoms with Crippen molar-refractivity contribution in [2.45, 2.75) is 26.3 Å². The molecule has 152 valence electrons. The summed E-state index contributed by atoms with van der Waals surface area (Å²) in [6, 6.07) is 16.6. The smallest absolute Gasteiger partial charge is 0.324 e. The number of amides is 1. The number of carbonyl (C=O) groups is 1. The van der Waals surface area contributed by atoms with Crippen LogP contribution in [0, 0.1) is 5.82 Å². The summed E-state index contributed by atoms with van der Waals surface area (Å²) in [4.78, 5) is 30.2. The van der Waals surface area contributed by atoms with Crippen molar-refractivity contribution in [2.75, 3.05) is 5.32 Å². The van der Waals surface area contributed by atoms with E-state index in [1.165, 1.54) is 33.4 Å². The molecule has 7 heteroatoms. The summed E-state index contributed by atoms with van der Waals surface area (Å²) in [6.07, 6.45) is 1.57. The van der Waals surface area contributed by atoms with Crippen molar-refractivity contribution >= 4 is 22.8 Å². The molecule has 0 aliphatic carbocycles. The Morgan fingerprint density at radius 1 is 1.07 bits per heavy atom. The Bertz CT molecular complexity index is 1270. The van der Waals surface area contributed by atoms with Gasteiger partial charge < -0.3 is 5.32 Å². The van der Waals surface area contributed by atoms with E-state index in [0.29, 0.717) is 16.9 Å². The third-order valence-corrected chi connectivity index (χ3v) is 4.93. The van der Waals surface area contributed by atoms with E-state index >= 15 is 0 Å². The SMILES string of the molecule is CC(C)c1ccccc1NC(=O)Cn1c(=O)n(-c2ccc(F)cc2)c2ncccc21. The van der Waals surface area contributed by atoms with E-state index in [4.69, 9.17) is 0 Å². The van der Waals surface area contributed by atoms with Gasteiger partial charge in [0, 0.05) is 11.9 Å². The summed E-state index contributed by atoms with van der Waals surface area (Å²) in [5.41, 5.74) is 2.75. The van der Waals surface area contributed by atoms with Crippen LogP contribution in [0.4, 0.5) is 10.1 Å². The number of imidazole rings is 1. The van der Waals surface area contributed by atoms with Crippen LogP contribution < -0.4 is 11.0 Å². The molecule has 1 amide bonds. The highest BCUT2D eigenvalue weighted by molar-refractivity contribution is 5.92. The quantitative estimate of drug-likeness (QED) is 0.545. The molecule has 1 N–H and O–H groups in total. The Balaban J connectivity index is 1.72. The average molecular weight is 404 g/mol. The molecule has 0 unspecified atom stereocenters. The standard InChI is InChI=1S/C23H21FN4O2/c1-15(2)18-6-3-4-7-19(18)26-21(29)14-27-20-8-5-13-25-22(20)28(23(27)30)17-11-9-16(24)10-12-17/h3-13,15H,14H2,1-2H3,(H,26,29). The van der Waals surface area contributed by atoms with Crippen molar-refractivity contribution in [2.24, 2.45) is 0 Å². The molecule has 2 aromatic carbocycles. The molecule has 0 aliphatic heterocycles. The largest absolute Gasteiger partial charge is 0.335 e. The number of halogens is 1. The Morgan fingerprint density at radius 2 is 1.80 bits per heavy atom. The van der Waals surface area contributed by atoms with Gasteiger partial charge in [-0.15, -0.1) is 0 Å². The summed E-state index contributed by atoms with van der Waals surface area (Å²) in [5.74, 6) is -0.465. The number of nitrogens with one attached hydrogen (secondary N) is 1. The Kier molecular flexibility index (Phi) is 5.18. The molecule has 6 nitrogen and oxygen atoms in total. The van der Waals surface area contributed by atoms with Gasteiger partial charge in [-0.3, -0.25) is 9.36 Å². The van der Waals surface area contributed by atoms with Gasteiger partial charge in [0.1, 0.15) is 12.4 Å². The van der Waals surface area contributed by atoms with Crippen molar-refractivity contribution in [3.8, 4) is 5.69 Å². The van der Waals surface area contributed by atoms with E-state index in [0.717, 1.165) is 11.3 Å². The monoisotopic (exact) mass is 404 g/mol. The van der Waals surface area contributed by atoms with E-state index in [9.17, 15) is 14.0 Å². The van der Waals surface area contributed by atoms with Gasteiger partial charge in [0.25, 0.3) is 0 Å². The minimum Gasteiger partial charge on any atom is -0.324 e. The fourth-order valence-corrected chi connectivity index (χ4v) is 3.51. The molecule has 0 saturated carbocycles. The second-order valence-corrected chi connectivity index (χ2v) is 7.32. The molecule has 4 aromatic rings. The Labute approximate surface area is 172 Å². The van der Waals surface area contributed by atoms with Crippen LogP contribution >= 0.6 is 0 Å². The fraction of sp³-hybridized carbons (Fsp3) is 0.174. The molecular weight excluding hydrogens is 383 g/mol. The number of carbonyl (C=O) groups excluding carboxylic acids is 1. The van der Waals surface area contributed by atoms with Crippen LogP contribution in [-0.2, 0) is 11.3 Å². The number of hydrogen-bond donors (Lipinski definition) is 1. The van der Waals surface area contributed by atoms with E-state index in [-0.39, 0.29) is 18.4 Å². The lowest BCUT2D eigenvalue weighted by atomic mass is 10.0. The summed E-state index contributed by atoms with van der Waals surface area (Å²) in [6.45, 7) is 3.94. The Hall–Kier alpha value is -3.74. The molecule has 30 heavy (non-hydrogen) atoms. The van der Waals surface area contributed by atoms with E-state index in [1.54, 1.807) is 18.3 Å². The van der Waals surface area contributed by atoms with Gasteiger partial charge in [-0.05, 0) is 53.9 Å². The summed E-state index contributed by atoms with van der Waals surface area (Å²) >= 11 is 0. The van der Waals surface area contributed by atoms with Crippen LogP contribution in [0.5, 0.6) is 0 Å². The first-order valence-electron chi connectivity index (χ1n) is 9.66. The van der Waals surface area contributed by atoms with Crippen LogP contribution in [0.15, 0.2) is 71.7 Å². The first kappa shape index (κ1) is 19.6. The number of aromatic nitrogens is 3. The molecule has 0 radical (unpaired) electrons. The second-order valence-electron chi connectivity index (χ2n) is 7.32. The minimum atomic E-state index is -0.414. The maximum atomic E-state index is 13.3. The lowest BCUT2D eigenvalue weighted by molar-refractivity contribution is -0.116. The molecule has 0 atom stereocenters. The number of hydrogen-bond acceptors (Lipinski definition) is 3. The summed E-state index contributed by atoms with van der Waals surface area (Å²) < 4.78 is 16.1. The first-order valence-corrected chi connectivity index (χ1v) is 9.66. The molecule has 0 bridgehead atoms. The molecular formula is C23H21FN4O2. The topological polar surface area (TPSA) is 68.9 Å². The molecule has 0 aliphatic rings. The molecule has 2 aromatic heterocycles. The maximum absolute atomic E-state index is 13.3. The zero-order valence-electron chi connectivity index (χ0n) is 16.7. The van der Waals surface area contributed by atoms with E-state index < -0.39 is 11.5 Å². The number of nitrogens with zero attached hydrogens (tertiary/aromatic N) is 3. The second kappa shape index (κ2) is 7.94. The number of fused-ring (bicyclic) bond motifs is 1. The van der Waals surface area contributed by atoms with E-state index in [2.05, 4.69) is 24.1 Å². The zero-order valence-corrected chi connectivity index (χ0v) is 16.7. The maximum Gasteiger partial charge on any atom is 0.335 e. The highest BCUT2D eigenvalue weighted by atomic mass is 19.1. The van der Waals surface area contributed by atoms with E-state index in [1.807, 2.05) is 24.3 Å². The molecule has 0 spiro atoms. The van der Waals surface area contributed by atoms with Crippen molar-refractivity contribution in [3.63, 3.8) is 0 Å². The van der Waals surface area contributed by atoms with Gasteiger partial charge >= 0.3 is 5.69 Å². The molecule has 0 saturated heterocycles. The van der Waals surface area contributed by atoms with Gasteiger partial charge in [0.15, 0.2) is 5.65 Å². The number of pyridine rings is 1. The fourth-order valence-electron chi connectivity index (χ4n) is 3.51. The van der Waals surface area contributed by atoms with Crippen LogP contribution in [0.1, 0.15) is 25.3 Å². The van der Waals surface area contributed by atoms with Crippen LogP contribution in [-0.4, -0.2) is 20.0 Å². The van der Waals surface area contributed by atoms with Gasteiger partial charge in [-0.2, -0.15) is 0 Å². The van der Waals surface area contributed by atoms with Gasteiger partial charge in [-0.1, -0.05) is 32.0 Å². The first-order chi connectivity index (χ1) is 14.5. The Morgan fingerprint density at radius 3 is 2.53 bits per heavy atom. The third kappa shape index (κ3) is 3.61. The van der Waals surface area contributed by atoms with Crippen LogP contribution in [0.25, 0.3) is 16.9 Å². The third-order valence-electron chi connectivity index (χ3n) is 4.93. The van der Waals surface area contributed by atoms with Crippen molar-refractivity contribution in [1.82, 2.24) is 14.1 Å². The van der Waals surface area contributed by atoms with Crippen molar-refractivity contribution < 1.29 is 9.18 Å². The van der Waals surface area contributed by atoms with Crippen LogP contribution in [0.3, 0.4) is 0 Å². The lowest BCUT2D eigenvalue weighted by Crippen LogP contribution is -2.29. The normalized spacial score (nSPS) is 11.2. The van der Waals surface area contributed by atoms with Crippen LogP contribution in [0.2, 0.25) is 0 Å².